The van der Waals surface area contributed by atoms with Crippen LogP contribution in [0.1, 0.15) is 29.8 Å². The summed E-state index contributed by atoms with van der Waals surface area (Å²) in [6.07, 6.45) is 23.3. The van der Waals surface area contributed by atoms with Gasteiger partial charge in [-0.3, -0.25) is 4.79 Å². The largest absolute Gasteiger partial charge is 2.00 e. The Morgan fingerprint density at radius 1 is 1.00 bits per heavy atom. The van der Waals surface area contributed by atoms with Crippen molar-refractivity contribution in [2.75, 3.05) is 13.9 Å². The van der Waals surface area contributed by atoms with Crippen LogP contribution >= 0.6 is 0 Å². The van der Waals surface area contributed by atoms with Gasteiger partial charge >= 0.3 is 19.5 Å². The zero-order valence-corrected chi connectivity index (χ0v) is 19.8. The standard InChI is InChI=1S/C21H23O4.C5H5.Ru/c1-15(2)8-10-18-20(25-14-24-3)13-11-17(21(18)23)19(22)12-9-16-6-4-5-7-16;1-2-4-5-3-1;/h4-9,11-13,23H,10,14H2,1-3H3;1-5H;/q;;+2/b12-9+;;. The zero-order chi connectivity index (χ0) is 21.8. The van der Waals surface area contributed by atoms with Gasteiger partial charge < -0.3 is 14.6 Å². The summed E-state index contributed by atoms with van der Waals surface area (Å²) in [5.41, 5.74) is 1.94. The Hall–Kier alpha value is -1.45. The number of ketones is 1. The fraction of sp³-hybridized carbons (Fsp3) is 0.192. The Labute approximate surface area is 200 Å². The van der Waals surface area contributed by atoms with E-state index in [0.717, 1.165) is 11.5 Å². The smallest absolute Gasteiger partial charge is 0.507 e. The van der Waals surface area contributed by atoms with Gasteiger partial charge in [0, 0.05) is 18.6 Å². The van der Waals surface area contributed by atoms with Gasteiger partial charge in [0.25, 0.3) is 0 Å². The monoisotopic (exact) mass is 506 g/mol. The molecule has 0 heterocycles. The van der Waals surface area contributed by atoms with Crippen LogP contribution in [0.15, 0.2) is 35.9 Å². The summed E-state index contributed by atoms with van der Waals surface area (Å²) in [6.45, 7) is 4.03. The van der Waals surface area contributed by atoms with E-state index in [2.05, 4.69) is 0 Å². The van der Waals surface area contributed by atoms with Gasteiger partial charge in [-0.2, -0.15) is 0 Å². The second-order valence-corrected chi connectivity index (χ2v) is 6.85. The number of benzene rings is 1. The molecule has 2 aliphatic rings. The van der Waals surface area contributed by atoms with Gasteiger partial charge in [-0.15, -0.1) is 0 Å². The number of phenolic OH excluding ortho intramolecular Hbond substituents is 1. The molecular weight excluding hydrogens is 477 g/mol. The molecule has 2 aliphatic carbocycles. The van der Waals surface area contributed by atoms with Crippen molar-refractivity contribution >= 4 is 5.78 Å². The van der Waals surface area contributed by atoms with Crippen molar-refractivity contribution in [2.45, 2.75) is 20.3 Å². The number of carbonyl (C=O) groups is 1. The summed E-state index contributed by atoms with van der Waals surface area (Å²) in [5.74, 6) is 1.14. The Bertz CT molecular complexity index is 718. The van der Waals surface area contributed by atoms with E-state index >= 15 is 0 Å². The first-order valence-corrected chi connectivity index (χ1v) is 9.73. The Morgan fingerprint density at radius 3 is 2.16 bits per heavy atom. The van der Waals surface area contributed by atoms with Gasteiger partial charge in [-0.1, -0.05) is 17.7 Å². The molecule has 3 rings (SSSR count). The molecule has 10 radical (unpaired) electrons. The van der Waals surface area contributed by atoms with E-state index < -0.39 is 0 Å². The average molecular weight is 506 g/mol. The molecule has 1 aromatic rings. The molecule has 1 N–H and O–H groups in total. The minimum Gasteiger partial charge on any atom is -0.507 e. The van der Waals surface area contributed by atoms with Crippen molar-refractivity contribution in [1.29, 1.82) is 0 Å². The molecule has 2 saturated carbocycles. The normalized spacial score (nSPS) is 15.8. The third-order valence-electron chi connectivity index (χ3n) is 4.22. The van der Waals surface area contributed by atoms with Crippen LogP contribution in [0.4, 0.5) is 0 Å². The summed E-state index contributed by atoms with van der Waals surface area (Å²) in [5, 5.41) is 10.6. The second kappa shape index (κ2) is 15.4. The molecule has 0 atom stereocenters. The molecule has 4 nitrogen and oxygen atoms in total. The number of hydrogen-bond acceptors (Lipinski definition) is 4. The van der Waals surface area contributed by atoms with Gasteiger partial charge in [-0.05, 0) is 96.3 Å². The molecule has 162 valence electrons. The number of rotatable bonds is 8. The summed E-state index contributed by atoms with van der Waals surface area (Å²) >= 11 is 0. The number of carbonyl (C=O) groups excluding carboxylic acids is 1. The van der Waals surface area contributed by atoms with E-state index in [1.807, 2.05) is 77.7 Å². The fourth-order valence-electron chi connectivity index (χ4n) is 2.66. The number of allylic oxidation sites excluding steroid dienone is 4. The topological polar surface area (TPSA) is 55.8 Å². The minimum atomic E-state index is -0.254. The molecule has 0 unspecified atom stereocenters. The molecule has 0 bridgehead atoms. The number of hydrogen-bond donors (Lipinski definition) is 1. The molecule has 0 spiro atoms. The van der Waals surface area contributed by atoms with E-state index in [1.54, 1.807) is 18.2 Å². The molecule has 31 heavy (non-hydrogen) atoms. The van der Waals surface area contributed by atoms with E-state index in [9.17, 15) is 9.90 Å². The quantitative estimate of drug-likeness (QED) is 0.177. The molecule has 5 heteroatoms. The van der Waals surface area contributed by atoms with Crippen LogP contribution in [0.2, 0.25) is 0 Å². The summed E-state index contributed by atoms with van der Waals surface area (Å²) < 4.78 is 10.4. The van der Waals surface area contributed by atoms with Crippen molar-refractivity contribution in [3.05, 3.63) is 111 Å². The second-order valence-electron chi connectivity index (χ2n) is 6.85. The van der Waals surface area contributed by atoms with Crippen molar-refractivity contribution in [3.63, 3.8) is 0 Å². The number of aromatic hydroxyl groups is 1. The first-order valence-electron chi connectivity index (χ1n) is 9.73. The molecule has 1 aromatic carbocycles. The minimum absolute atomic E-state index is 0. The SMILES string of the molecule is COCOc1ccc(C(=O)/C=C/[C]2[CH][CH][CH][CH]2)c(O)c1CC=C(C)C.[CH]1[CH][CH][CH][CH]1.[Ru+2]. The van der Waals surface area contributed by atoms with Crippen LogP contribution < -0.4 is 4.74 Å². The number of phenols is 1. The van der Waals surface area contributed by atoms with Crippen molar-refractivity contribution in [1.82, 2.24) is 0 Å². The molecule has 2 fully saturated rings. The first kappa shape index (κ1) is 27.6. The van der Waals surface area contributed by atoms with Crippen LogP contribution in [-0.2, 0) is 30.6 Å². The van der Waals surface area contributed by atoms with E-state index in [1.165, 1.54) is 13.2 Å². The zero-order valence-electron chi connectivity index (χ0n) is 18.0. The summed E-state index contributed by atoms with van der Waals surface area (Å²) in [4.78, 5) is 12.4. The molecule has 0 saturated heterocycles. The summed E-state index contributed by atoms with van der Waals surface area (Å²) in [7, 11) is 1.53. The van der Waals surface area contributed by atoms with Crippen LogP contribution in [0, 0.1) is 63.7 Å². The number of methoxy groups -OCH3 is 1. The molecule has 0 amide bonds. The average Bonchev–Trinajstić information content (AvgIpc) is 3.46. The van der Waals surface area contributed by atoms with Gasteiger partial charge in [0.05, 0.1) is 5.56 Å². The third-order valence-corrected chi connectivity index (χ3v) is 4.22. The van der Waals surface area contributed by atoms with Gasteiger partial charge in [0.2, 0.25) is 0 Å². The van der Waals surface area contributed by atoms with E-state index in [0.29, 0.717) is 17.7 Å². The Morgan fingerprint density at radius 2 is 1.61 bits per heavy atom. The van der Waals surface area contributed by atoms with E-state index in [-0.39, 0.29) is 43.4 Å². The maximum atomic E-state index is 12.4. The van der Waals surface area contributed by atoms with Gasteiger partial charge in [-0.25, -0.2) is 0 Å². The predicted octanol–water partition coefficient (Wildman–Crippen LogP) is 5.05. The molecule has 0 aromatic heterocycles. The molecule has 0 aliphatic heterocycles. The first-order chi connectivity index (χ1) is 14.5. The maximum absolute atomic E-state index is 12.4. The third kappa shape index (κ3) is 9.70. The van der Waals surface area contributed by atoms with Crippen molar-refractivity contribution in [3.8, 4) is 11.5 Å². The Balaban J connectivity index is 0.000000701. The number of ether oxygens (including phenoxy) is 2. The summed E-state index contributed by atoms with van der Waals surface area (Å²) in [6, 6.07) is 3.26. The van der Waals surface area contributed by atoms with Gasteiger partial charge in [0.1, 0.15) is 11.5 Å². The van der Waals surface area contributed by atoms with Crippen LogP contribution in [0.25, 0.3) is 0 Å². The van der Waals surface area contributed by atoms with Crippen LogP contribution in [-0.4, -0.2) is 24.8 Å². The van der Waals surface area contributed by atoms with Crippen molar-refractivity contribution < 1.29 is 38.9 Å². The van der Waals surface area contributed by atoms with Crippen LogP contribution in [0.3, 0.4) is 0 Å². The van der Waals surface area contributed by atoms with Crippen LogP contribution in [0.5, 0.6) is 11.5 Å². The van der Waals surface area contributed by atoms with E-state index in [4.69, 9.17) is 9.47 Å². The predicted molar refractivity (Wildman–Crippen MR) is 119 cm³/mol. The Kier molecular flexibility index (Phi) is 13.7. The van der Waals surface area contributed by atoms with Crippen molar-refractivity contribution in [2.24, 2.45) is 0 Å². The fourth-order valence-corrected chi connectivity index (χ4v) is 2.66. The maximum Gasteiger partial charge on any atom is 2.00 e. The molecular formula is C26H28O4Ru+2. The van der Waals surface area contributed by atoms with Gasteiger partial charge in [0.15, 0.2) is 12.6 Å².